The number of hydrogen-bond acceptors (Lipinski definition) is 5. The summed E-state index contributed by atoms with van der Waals surface area (Å²) in [6.45, 7) is 1.81. The van der Waals surface area contributed by atoms with E-state index in [2.05, 4.69) is 34.8 Å². The average molecular weight is 564 g/mol. The van der Waals surface area contributed by atoms with Crippen LogP contribution in [0, 0.1) is 6.92 Å². The number of amides is 1. The standard InChI is InChI=1S/C33H29N3O4S/c1-25-10-5-8-17-32(25)36(41(38,39)30-14-3-2-4-15-30)23-33(37)35-34-22-26-18-20-29(21-19-26)40-24-28-13-9-12-27-11-6-7-16-31(27)28/h2-22H,23-24H2,1H3,(H,35,37)/b34-22+. The number of carbonyl (C=O) groups excluding carboxylic acids is 1. The Balaban J connectivity index is 1.22. The molecule has 5 aromatic carbocycles. The molecule has 0 fully saturated rings. The normalized spacial score (nSPS) is 11.4. The van der Waals surface area contributed by atoms with Crippen LogP contribution in [0.15, 0.2) is 131 Å². The summed E-state index contributed by atoms with van der Waals surface area (Å²) in [5.41, 5.74) is 5.45. The highest BCUT2D eigenvalue weighted by Crippen LogP contribution is 2.26. The molecule has 0 atom stereocenters. The Kier molecular flexibility index (Phi) is 8.41. The molecule has 0 aliphatic heterocycles. The Bertz CT molecular complexity index is 1780. The van der Waals surface area contributed by atoms with Gasteiger partial charge >= 0.3 is 0 Å². The molecule has 0 heterocycles. The Hall–Kier alpha value is -4.95. The number of fused-ring (bicyclic) bond motifs is 1. The highest BCUT2D eigenvalue weighted by Gasteiger charge is 2.28. The van der Waals surface area contributed by atoms with Gasteiger partial charge in [0.25, 0.3) is 15.9 Å². The van der Waals surface area contributed by atoms with E-state index in [1.54, 1.807) is 43.3 Å². The van der Waals surface area contributed by atoms with Crippen molar-refractivity contribution in [3.63, 3.8) is 0 Å². The fraction of sp³-hybridized carbons (Fsp3) is 0.0909. The molecular formula is C33H29N3O4S. The topological polar surface area (TPSA) is 88.1 Å². The summed E-state index contributed by atoms with van der Waals surface area (Å²) in [7, 11) is -3.98. The maximum Gasteiger partial charge on any atom is 0.264 e. The number of hydrogen-bond donors (Lipinski definition) is 1. The predicted octanol–water partition coefficient (Wildman–Crippen LogP) is 6.07. The molecule has 5 rings (SSSR count). The van der Waals surface area contributed by atoms with Gasteiger partial charge in [-0.05, 0) is 76.9 Å². The number of para-hydroxylation sites is 1. The van der Waals surface area contributed by atoms with E-state index in [0.29, 0.717) is 18.0 Å². The van der Waals surface area contributed by atoms with Gasteiger partial charge in [-0.1, -0.05) is 78.9 Å². The van der Waals surface area contributed by atoms with Crippen LogP contribution in [0.2, 0.25) is 0 Å². The monoisotopic (exact) mass is 563 g/mol. The SMILES string of the molecule is Cc1ccccc1N(CC(=O)N/N=C/c1ccc(OCc2cccc3ccccc23)cc1)S(=O)(=O)c1ccccc1. The van der Waals surface area contributed by atoms with Gasteiger partial charge in [-0.2, -0.15) is 5.10 Å². The van der Waals surface area contributed by atoms with Gasteiger partial charge < -0.3 is 4.74 Å². The van der Waals surface area contributed by atoms with Crippen LogP contribution in [0.5, 0.6) is 5.75 Å². The minimum atomic E-state index is -3.98. The molecule has 0 radical (unpaired) electrons. The number of carbonyl (C=O) groups is 1. The Labute approximate surface area is 239 Å². The summed E-state index contributed by atoms with van der Waals surface area (Å²) < 4.78 is 34.0. The average Bonchev–Trinajstić information content (AvgIpc) is 3.00. The van der Waals surface area contributed by atoms with Crippen LogP contribution < -0.4 is 14.5 Å². The molecule has 0 bridgehead atoms. The van der Waals surface area contributed by atoms with Crippen LogP contribution in [0.3, 0.4) is 0 Å². The smallest absolute Gasteiger partial charge is 0.264 e. The van der Waals surface area contributed by atoms with Crippen LogP contribution in [-0.4, -0.2) is 27.1 Å². The van der Waals surface area contributed by atoms with Crippen LogP contribution >= 0.6 is 0 Å². The van der Waals surface area contributed by atoms with Gasteiger partial charge in [-0.25, -0.2) is 13.8 Å². The highest BCUT2D eigenvalue weighted by molar-refractivity contribution is 7.92. The molecule has 1 amide bonds. The molecule has 0 aliphatic rings. The molecule has 0 aliphatic carbocycles. The molecule has 0 spiro atoms. The number of aryl methyl sites for hydroxylation is 1. The third-order valence-corrected chi connectivity index (χ3v) is 8.33. The van der Waals surface area contributed by atoms with E-state index in [-0.39, 0.29) is 4.90 Å². The molecular weight excluding hydrogens is 534 g/mol. The minimum Gasteiger partial charge on any atom is -0.489 e. The van der Waals surface area contributed by atoms with Crippen molar-refractivity contribution in [2.75, 3.05) is 10.8 Å². The van der Waals surface area contributed by atoms with Crippen molar-refractivity contribution in [3.05, 3.63) is 138 Å². The second kappa shape index (κ2) is 12.5. The van der Waals surface area contributed by atoms with Gasteiger partial charge in [0, 0.05) is 0 Å². The molecule has 0 saturated carbocycles. The Morgan fingerprint density at radius 1 is 0.829 bits per heavy atom. The maximum atomic E-state index is 13.5. The van der Waals surface area contributed by atoms with Crippen molar-refractivity contribution in [1.29, 1.82) is 0 Å². The van der Waals surface area contributed by atoms with Gasteiger partial charge in [0.05, 0.1) is 16.8 Å². The lowest BCUT2D eigenvalue weighted by Crippen LogP contribution is -2.40. The van der Waals surface area contributed by atoms with E-state index in [9.17, 15) is 13.2 Å². The number of ether oxygens (including phenoxy) is 1. The van der Waals surface area contributed by atoms with Gasteiger partial charge in [-0.15, -0.1) is 0 Å². The van der Waals surface area contributed by atoms with Gasteiger partial charge in [0.15, 0.2) is 0 Å². The molecule has 0 aromatic heterocycles. The zero-order valence-corrected chi connectivity index (χ0v) is 23.3. The van der Waals surface area contributed by atoms with Gasteiger partial charge in [0.2, 0.25) is 0 Å². The lowest BCUT2D eigenvalue weighted by Gasteiger charge is -2.25. The second-order valence-corrected chi connectivity index (χ2v) is 11.3. The van der Waals surface area contributed by atoms with Crippen molar-refractivity contribution in [2.24, 2.45) is 5.10 Å². The van der Waals surface area contributed by atoms with Crippen molar-refractivity contribution in [1.82, 2.24) is 5.43 Å². The Morgan fingerprint density at radius 3 is 2.29 bits per heavy atom. The van der Waals surface area contributed by atoms with E-state index in [1.165, 1.54) is 23.7 Å². The second-order valence-electron chi connectivity index (χ2n) is 9.40. The first kappa shape index (κ1) is 27.6. The zero-order chi connectivity index (χ0) is 28.7. The molecule has 0 unspecified atom stereocenters. The third kappa shape index (κ3) is 6.62. The summed E-state index contributed by atoms with van der Waals surface area (Å²) >= 11 is 0. The molecule has 206 valence electrons. The fourth-order valence-electron chi connectivity index (χ4n) is 4.44. The van der Waals surface area contributed by atoms with Crippen molar-refractivity contribution in [2.45, 2.75) is 18.4 Å². The number of benzene rings is 5. The van der Waals surface area contributed by atoms with Crippen LogP contribution in [0.4, 0.5) is 5.69 Å². The summed E-state index contributed by atoms with van der Waals surface area (Å²) in [5.74, 6) is 0.137. The molecule has 7 nitrogen and oxygen atoms in total. The minimum absolute atomic E-state index is 0.0994. The number of hydrazone groups is 1. The highest BCUT2D eigenvalue weighted by atomic mass is 32.2. The zero-order valence-electron chi connectivity index (χ0n) is 22.5. The number of nitrogens with zero attached hydrogens (tertiary/aromatic N) is 2. The lowest BCUT2D eigenvalue weighted by atomic mass is 10.1. The van der Waals surface area contributed by atoms with Crippen molar-refractivity contribution < 1.29 is 17.9 Å². The van der Waals surface area contributed by atoms with E-state index < -0.39 is 22.5 Å². The predicted molar refractivity (Wildman–Crippen MR) is 163 cm³/mol. The summed E-state index contributed by atoms with van der Waals surface area (Å²) in [6.07, 6.45) is 1.50. The van der Waals surface area contributed by atoms with Gasteiger partial charge in [0.1, 0.15) is 18.9 Å². The van der Waals surface area contributed by atoms with E-state index in [1.807, 2.05) is 48.5 Å². The van der Waals surface area contributed by atoms with Crippen LogP contribution in [0.1, 0.15) is 16.7 Å². The van der Waals surface area contributed by atoms with E-state index in [4.69, 9.17) is 4.74 Å². The van der Waals surface area contributed by atoms with Crippen LogP contribution in [0.25, 0.3) is 10.8 Å². The maximum absolute atomic E-state index is 13.5. The molecule has 5 aromatic rings. The fourth-order valence-corrected chi connectivity index (χ4v) is 5.94. The molecule has 41 heavy (non-hydrogen) atoms. The van der Waals surface area contributed by atoms with Gasteiger partial charge in [-0.3, -0.25) is 9.10 Å². The first-order valence-electron chi connectivity index (χ1n) is 13.1. The van der Waals surface area contributed by atoms with Crippen molar-refractivity contribution >= 4 is 38.6 Å². The Morgan fingerprint density at radius 2 is 1.51 bits per heavy atom. The first-order valence-corrected chi connectivity index (χ1v) is 14.5. The number of nitrogens with one attached hydrogen (secondary N) is 1. The van der Waals surface area contributed by atoms with Crippen molar-refractivity contribution in [3.8, 4) is 5.75 Å². The number of anilines is 1. The summed E-state index contributed by atoms with van der Waals surface area (Å²) in [6, 6.07) is 36.7. The number of rotatable bonds is 10. The molecule has 0 saturated heterocycles. The summed E-state index contributed by atoms with van der Waals surface area (Å²) in [4.78, 5) is 12.9. The van der Waals surface area contributed by atoms with E-state index >= 15 is 0 Å². The summed E-state index contributed by atoms with van der Waals surface area (Å²) in [5, 5.41) is 6.36. The molecule has 1 N–H and O–H groups in total. The number of sulfonamides is 1. The molecule has 8 heteroatoms. The first-order chi connectivity index (χ1) is 19.9. The van der Waals surface area contributed by atoms with E-state index in [0.717, 1.165) is 26.4 Å². The largest absolute Gasteiger partial charge is 0.489 e. The third-order valence-electron chi connectivity index (χ3n) is 6.56. The van der Waals surface area contributed by atoms with Crippen LogP contribution in [-0.2, 0) is 21.4 Å². The lowest BCUT2D eigenvalue weighted by molar-refractivity contribution is -0.119. The quantitative estimate of drug-likeness (QED) is 0.165.